The van der Waals surface area contributed by atoms with E-state index in [1.165, 1.54) is 18.2 Å². The van der Waals surface area contributed by atoms with Crippen LogP contribution in [0.4, 0.5) is 11.4 Å². The molecular formula is C14H17N3O6. The van der Waals surface area contributed by atoms with E-state index in [9.17, 15) is 19.7 Å². The Labute approximate surface area is 132 Å². The van der Waals surface area contributed by atoms with Gasteiger partial charge in [-0.2, -0.15) is 0 Å². The van der Waals surface area contributed by atoms with E-state index in [1.54, 1.807) is 4.90 Å². The number of ether oxygens (including phenoxy) is 1. The van der Waals surface area contributed by atoms with Crippen molar-refractivity contribution in [2.24, 2.45) is 0 Å². The zero-order chi connectivity index (χ0) is 16.8. The molecule has 0 aliphatic carbocycles. The molecule has 1 aliphatic rings. The zero-order valence-electron chi connectivity index (χ0n) is 12.4. The van der Waals surface area contributed by atoms with Crippen LogP contribution in [0.3, 0.4) is 0 Å². The molecule has 23 heavy (non-hydrogen) atoms. The Kier molecular flexibility index (Phi) is 5.47. The zero-order valence-corrected chi connectivity index (χ0v) is 12.4. The van der Waals surface area contributed by atoms with Crippen LogP contribution in [0, 0.1) is 10.1 Å². The lowest BCUT2D eigenvalue weighted by Crippen LogP contribution is -2.38. The van der Waals surface area contributed by atoms with Gasteiger partial charge < -0.3 is 20.1 Å². The summed E-state index contributed by atoms with van der Waals surface area (Å²) in [5, 5.41) is 22.4. The smallest absolute Gasteiger partial charge is 0.305 e. The van der Waals surface area contributed by atoms with E-state index in [0.29, 0.717) is 26.3 Å². The highest BCUT2D eigenvalue weighted by molar-refractivity contribution is 6.02. The second kappa shape index (κ2) is 7.54. The first-order valence-corrected chi connectivity index (χ1v) is 7.11. The molecule has 1 amide bonds. The number of para-hydroxylation sites is 1. The third-order valence-corrected chi connectivity index (χ3v) is 3.41. The number of hydrogen-bond acceptors (Lipinski definition) is 6. The Balaban J connectivity index is 2.30. The summed E-state index contributed by atoms with van der Waals surface area (Å²) >= 11 is 0. The first kappa shape index (κ1) is 16.7. The summed E-state index contributed by atoms with van der Waals surface area (Å²) in [6.07, 6.45) is -0.215. The standard InChI is InChI=1S/C14H17N3O6/c18-12(19)4-5-15-14(20)10-2-1-3-11(17(21)22)13(10)16-6-8-23-9-7-16/h1-3H,4-9H2,(H,15,20)(H,18,19). The van der Waals surface area contributed by atoms with Gasteiger partial charge in [0.1, 0.15) is 5.69 Å². The van der Waals surface area contributed by atoms with Gasteiger partial charge in [0.05, 0.1) is 30.1 Å². The molecule has 0 saturated carbocycles. The minimum absolute atomic E-state index is 0.0423. The normalized spacial score (nSPS) is 14.3. The van der Waals surface area contributed by atoms with Crippen molar-refractivity contribution in [3.8, 4) is 0 Å². The highest BCUT2D eigenvalue weighted by atomic mass is 16.6. The average Bonchev–Trinajstić information content (AvgIpc) is 2.54. The lowest BCUT2D eigenvalue weighted by atomic mass is 10.1. The number of nitrogens with zero attached hydrogens (tertiary/aromatic N) is 2. The van der Waals surface area contributed by atoms with Crippen LogP contribution in [0.15, 0.2) is 18.2 Å². The third kappa shape index (κ3) is 4.16. The SMILES string of the molecule is O=C(O)CCNC(=O)c1cccc([N+](=O)[O-])c1N1CCOCC1. The average molecular weight is 323 g/mol. The van der Waals surface area contributed by atoms with Gasteiger partial charge in [0.2, 0.25) is 0 Å². The molecule has 9 heteroatoms. The molecule has 2 N–H and O–H groups in total. The quantitative estimate of drug-likeness (QED) is 0.581. The van der Waals surface area contributed by atoms with Gasteiger partial charge in [0, 0.05) is 25.7 Å². The predicted molar refractivity (Wildman–Crippen MR) is 80.7 cm³/mol. The Bertz CT molecular complexity index is 613. The number of nitrogens with one attached hydrogen (secondary N) is 1. The number of amides is 1. The van der Waals surface area contributed by atoms with Crippen LogP contribution in [-0.2, 0) is 9.53 Å². The van der Waals surface area contributed by atoms with Crippen LogP contribution in [-0.4, -0.2) is 54.8 Å². The summed E-state index contributed by atoms with van der Waals surface area (Å²) in [4.78, 5) is 35.3. The van der Waals surface area contributed by atoms with Gasteiger partial charge in [-0.25, -0.2) is 0 Å². The molecule has 1 fully saturated rings. The van der Waals surface area contributed by atoms with Crippen LogP contribution in [0.25, 0.3) is 0 Å². The van der Waals surface area contributed by atoms with Crippen LogP contribution in [0.2, 0.25) is 0 Å². The number of carbonyl (C=O) groups is 2. The van der Waals surface area contributed by atoms with Crippen molar-refractivity contribution in [3.05, 3.63) is 33.9 Å². The van der Waals surface area contributed by atoms with Crippen LogP contribution >= 0.6 is 0 Å². The minimum atomic E-state index is -1.03. The number of hydrogen-bond donors (Lipinski definition) is 2. The van der Waals surface area contributed by atoms with E-state index in [1.807, 2.05) is 0 Å². The van der Waals surface area contributed by atoms with Crippen molar-refractivity contribution in [2.75, 3.05) is 37.7 Å². The number of carboxylic acids is 1. The molecule has 1 saturated heterocycles. The number of rotatable bonds is 6. The van der Waals surface area contributed by atoms with Gasteiger partial charge in [-0.1, -0.05) is 6.07 Å². The highest BCUT2D eigenvalue weighted by Gasteiger charge is 2.27. The van der Waals surface area contributed by atoms with Crippen LogP contribution in [0.1, 0.15) is 16.8 Å². The molecule has 1 aliphatic heterocycles. The fraction of sp³-hybridized carbons (Fsp3) is 0.429. The van der Waals surface area contributed by atoms with Crippen molar-refractivity contribution >= 4 is 23.3 Å². The van der Waals surface area contributed by atoms with E-state index >= 15 is 0 Å². The molecule has 0 unspecified atom stereocenters. The van der Waals surface area contributed by atoms with Crippen molar-refractivity contribution in [2.45, 2.75) is 6.42 Å². The number of nitro groups is 1. The van der Waals surface area contributed by atoms with Crippen LogP contribution in [0.5, 0.6) is 0 Å². The molecule has 1 aromatic carbocycles. The van der Waals surface area contributed by atoms with E-state index < -0.39 is 16.8 Å². The molecule has 0 radical (unpaired) electrons. The Morgan fingerprint density at radius 3 is 2.65 bits per heavy atom. The first-order chi connectivity index (χ1) is 11.0. The molecule has 2 rings (SSSR count). The topological polar surface area (TPSA) is 122 Å². The molecule has 0 aromatic heterocycles. The Hall–Kier alpha value is -2.68. The predicted octanol–water partition coefficient (Wildman–Crippen LogP) is 0.636. The van der Waals surface area contributed by atoms with E-state index in [2.05, 4.69) is 5.32 Å². The molecule has 0 atom stereocenters. The summed E-state index contributed by atoms with van der Waals surface area (Å²) in [5.41, 5.74) is 0.248. The Morgan fingerprint density at radius 2 is 2.04 bits per heavy atom. The summed E-state index contributed by atoms with van der Waals surface area (Å²) in [5.74, 6) is -1.56. The van der Waals surface area contributed by atoms with Crippen molar-refractivity contribution in [1.29, 1.82) is 0 Å². The number of carboxylic acid groups (broad SMARTS) is 1. The molecule has 1 heterocycles. The van der Waals surface area contributed by atoms with Gasteiger partial charge in [0.15, 0.2) is 0 Å². The van der Waals surface area contributed by atoms with E-state index in [-0.39, 0.29) is 29.9 Å². The highest BCUT2D eigenvalue weighted by Crippen LogP contribution is 2.32. The number of nitro benzene ring substituents is 1. The molecule has 0 spiro atoms. The number of carbonyl (C=O) groups excluding carboxylic acids is 1. The number of aliphatic carboxylic acids is 1. The molecule has 124 valence electrons. The maximum Gasteiger partial charge on any atom is 0.305 e. The second-order valence-corrected chi connectivity index (χ2v) is 4.93. The van der Waals surface area contributed by atoms with Gasteiger partial charge in [0.25, 0.3) is 11.6 Å². The van der Waals surface area contributed by atoms with Gasteiger partial charge in [-0.05, 0) is 6.07 Å². The summed E-state index contributed by atoms with van der Waals surface area (Å²) in [7, 11) is 0. The first-order valence-electron chi connectivity index (χ1n) is 7.11. The molecule has 0 bridgehead atoms. The number of benzene rings is 1. The van der Waals surface area contributed by atoms with Crippen molar-refractivity contribution < 1.29 is 24.4 Å². The van der Waals surface area contributed by atoms with Crippen molar-refractivity contribution in [1.82, 2.24) is 5.32 Å². The summed E-state index contributed by atoms with van der Waals surface area (Å²) in [6.45, 7) is 1.69. The summed E-state index contributed by atoms with van der Waals surface area (Å²) in [6, 6.07) is 4.28. The van der Waals surface area contributed by atoms with Gasteiger partial charge in [-0.15, -0.1) is 0 Å². The molecule has 9 nitrogen and oxygen atoms in total. The fourth-order valence-corrected chi connectivity index (χ4v) is 2.36. The fourth-order valence-electron chi connectivity index (χ4n) is 2.36. The van der Waals surface area contributed by atoms with Crippen molar-refractivity contribution in [3.63, 3.8) is 0 Å². The maximum atomic E-state index is 12.3. The van der Waals surface area contributed by atoms with Gasteiger partial charge >= 0.3 is 5.97 Å². The van der Waals surface area contributed by atoms with E-state index in [4.69, 9.17) is 9.84 Å². The third-order valence-electron chi connectivity index (χ3n) is 3.41. The molecular weight excluding hydrogens is 306 g/mol. The monoisotopic (exact) mass is 323 g/mol. The lowest BCUT2D eigenvalue weighted by Gasteiger charge is -2.29. The van der Waals surface area contributed by atoms with E-state index in [0.717, 1.165) is 0 Å². The second-order valence-electron chi connectivity index (χ2n) is 4.93. The molecule has 1 aromatic rings. The minimum Gasteiger partial charge on any atom is -0.481 e. The number of morpholine rings is 1. The maximum absolute atomic E-state index is 12.3. The number of anilines is 1. The summed E-state index contributed by atoms with van der Waals surface area (Å²) < 4.78 is 5.24. The lowest BCUT2D eigenvalue weighted by molar-refractivity contribution is -0.384. The van der Waals surface area contributed by atoms with Gasteiger partial charge in [-0.3, -0.25) is 19.7 Å². The van der Waals surface area contributed by atoms with Crippen LogP contribution < -0.4 is 10.2 Å². The largest absolute Gasteiger partial charge is 0.481 e. The Morgan fingerprint density at radius 1 is 1.35 bits per heavy atom.